The van der Waals surface area contributed by atoms with Gasteiger partial charge in [-0.1, -0.05) is 29.3 Å². The number of hydrogen-bond acceptors (Lipinski definition) is 5. The van der Waals surface area contributed by atoms with Gasteiger partial charge in [0, 0.05) is 15.7 Å². The Morgan fingerprint density at radius 3 is 2.30 bits per heavy atom. The molecular weight excluding hydrogens is 415 g/mol. The SMILES string of the molecule is CNS(=O)(=O)c1cccc(C(=O)O[C@@H](C)C(=O)Nc2cc(Cl)cc(Cl)c2)c1. The molecule has 0 saturated heterocycles. The smallest absolute Gasteiger partial charge is 0.338 e. The minimum atomic E-state index is -3.71. The number of carbonyl (C=O) groups excluding carboxylic acids is 2. The largest absolute Gasteiger partial charge is 0.449 e. The lowest BCUT2D eigenvalue weighted by atomic mass is 10.2. The Labute approximate surface area is 166 Å². The molecule has 10 heteroatoms. The summed E-state index contributed by atoms with van der Waals surface area (Å²) in [5.74, 6) is -1.43. The third-order valence-corrected chi connectivity index (χ3v) is 5.28. The van der Waals surface area contributed by atoms with Crippen molar-refractivity contribution >= 4 is 50.8 Å². The van der Waals surface area contributed by atoms with Crippen LogP contribution in [0.3, 0.4) is 0 Å². The number of sulfonamides is 1. The second-order valence-corrected chi connectivity index (χ2v) is 8.19. The summed E-state index contributed by atoms with van der Waals surface area (Å²) in [5.41, 5.74) is 0.347. The Morgan fingerprint density at radius 1 is 1.07 bits per heavy atom. The van der Waals surface area contributed by atoms with Gasteiger partial charge < -0.3 is 10.1 Å². The van der Waals surface area contributed by atoms with E-state index in [0.717, 1.165) is 6.07 Å². The number of rotatable bonds is 6. The Kier molecular flexibility index (Phi) is 6.83. The van der Waals surface area contributed by atoms with Crippen molar-refractivity contribution in [2.45, 2.75) is 17.9 Å². The van der Waals surface area contributed by atoms with E-state index >= 15 is 0 Å². The first-order valence-electron chi connectivity index (χ1n) is 7.64. The molecule has 0 bridgehead atoms. The van der Waals surface area contributed by atoms with Crippen LogP contribution in [0.4, 0.5) is 5.69 Å². The molecule has 144 valence electrons. The van der Waals surface area contributed by atoms with Crippen LogP contribution in [0.15, 0.2) is 47.4 Å². The zero-order chi connectivity index (χ0) is 20.2. The predicted octanol–water partition coefficient (Wildman–Crippen LogP) is 3.09. The average Bonchev–Trinajstić information content (AvgIpc) is 2.60. The first-order chi connectivity index (χ1) is 12.6. The quantitative estimate of drug-likeness (QED) is 0.685. The monoisotopic (exact) mass is 430 g/mol. The van der Waals surface area contributed by atoms with Gasteiger partial charge in [0.25, 0.3) is 5.91 Å². The predicted molar refractivity (Wildman–Crippen MR) is 103 cm³/mol. The van der Waals surface area contributed by atoms with Crippen LogP contribution < -0.4 is 10.0 Å². The molecule has 0 aliphatic carbocycles. The molecule has 0 aromatic heterocycles. The summed E-state index contributed by atoms with van der Waals surface area (Å²) >= 11 is 11.7. The van der Waals surface area contributed by atoms with Crippen molar-refractivity contribution < 1.29 is 22.7 Å². The molecule has 0 saturated carbocycles. The molecule has 0 fully saturated rings. The molecule has 2 aromatic rings. The number of hydrogen-bond donors (Lipinski definition) is 2. The van der Waals surface area contributed by atoms with Crippen LogP contribution in [0.25, 0.3) is 0 Å². The van der Waals surface area contributed by atoms with Gasteiger partial charge in [-0.2, -0.15) is 0 Å². The molecule has 2 N–H and O–H groups in total. The maximum absolute atomic E-state index is 12.2. The lowest BCUT2D eigenvalue weighted by Gasteiger charge is -2.14. The Balaban J connectivity index is 2.08. The van der Waals surface area contributed by atoms with E-state index in [-0.39, 0.29) is 10.5 Å². The first kappa shape index (κ1) is 21.2. The minimum absolute atomic E-state index is 0.00299. The van der Waals surface area contributed by atoms with E-state index in [0.29, 0.717) is 15.7 Å². The van der Waals surface area contributed by atoms with Crippen LogP contribution in [0, 0.1) is 0 Å². The highest BCUT2D eigenvalue weighted by Crippen LogP contribution is 2.22. The molecule has 27 heavy (non-hydrogen) atoms. The number of benzene rings is 2. The van der Waals surface area contributed by atoms with Gasteiger partial charge in [-0.3, -0.25) is 4.79 Å². The van der Waals surface area contributed by atoms with Gasteiger partial charge in [-0.05, 0) is 50.4 Å². The van der Waals surface area contributed by atoms with Crippen molar-refractivity contribution in [3.63, 3.8) is 0 Å². The Hall–Kier alpha value is -2.13. The summed E-state index contributed by atoms with van der Waals surface area (Å²) in [7, 11) is -2.45. The van der Waals surface area contributed by atoms with Crippen molar-refractivity contribution in [2.75, 3.05) is 12.4 Å². The van der Waals surface area contributed by atoms with Crippen molar-refractivity contribution in [3.8, 4) is 0 Å². The van der Waals surface area contributed by atoms with Gasteiger partial charge >= 0.3 is 5.97 Å². The van der Waals surface area contributed by atoms with Crippen molar-refractivity contribution in [2.24, 2.45) is 0 Å². The van der Waals surface area contributed by atoms with Gasteiger partial charge in [-0.15, -0.1) is 0 Å². The van der Waals surface area contributed by atoms with E-state index in [2.05, 4.69) is 10.0 Å². The Morgan fingerprint density at radius 2 is 1.70 bits per heavy atom. The summed E-state index contributed by atoms with van der Waals surface area (Å²) < 4.78 is 30.9. The molecule has 0 aliphatic rings. The molecule has 0 unspecified atom stereocenters. The van der Waals surface area contributed by atoms with E-state index in [1.165, 1.54) is 50.4 Å². The van der Waals surface area contributed by atoms with Crippen LogP contribution in [0.2, 0.25) is 10.0 Å². The lowest BCUT2D eigenvalue weighted by molar-refractivity contribution is -0.123. The van der Waals surface area contributed by atoms with Gasteiger partial charge in [0.1, 0.15) is 0 Å². The molecular formula is C17H16Cl2N2O5S. The lowest BCUT2D eigenvalue weighted by Crippen LogP contribution is -2.30. The van der Waals surface area contributed by atoms with Crippen LogP contribution in [-0.2, 0) is 19.6 Å². The second-order valence-electron chi connectivity index (χ2n) is 5.43. The van der Waals surface area contributed by atoms with Gasteiger partial charge in [0.2, 0.25) is 10.0 Å². The highest BCUT2D eigenvalue weighted by Gasteiger charge is 2.21. The number of ether oxygens (including phenoxy) is 1. The molecule has 1 amide bonds. The highest BCUT2D eigenvalue weighted by molar-refractivity contribution is 7.89. The zero-order valence-electron chi connectivity index (χ0n) is 14.3. The number of nitrogens with one attached hydrogen (secondary N) is 2. The fourth-order valence-corrected chi connectivity index (χ4v) is 3.36. The summed E-state index contributed by atoms with van der Waals surface area (Å²) in [6.07, 6.45) is -1.14. The van der Waals surface area contributed by atoms with E-state index in [1.807, 2.05) is 0 Å². The van der Waals surface area contributed by atoms with E-state index in [4.69, 9.17) is 27.9 Å². The van der Waals surface area contributed by atoms with Gasteiger partial charge in [-0.25, -0.2) is 17.9 Å². The maximum Gasteiger partial charge on any atom is 0.338 e. The summed E-state index contributed by atoms with van der Waals surface area (Å²) in [6.45, 7) is 1.38. The highest BCUT2D eigenvalue weighted by atomic mass is 35.5. The van der Waals surface area contributed by atoms with Gasteiger partial charge in [0.15, 0.2) is 6.10 Å². The van der Waals surface area contributed by atoms with E-state index in [9.17, 15) is 18.0 Å². The topological polar surface area (TPSA) is 102 Å². The standard InChI is InChI=1S/C17H16Cl2N2O5S/c1-10(16(22)21-14-8-12(18)7-13(19)9-14)26-17(23)11-4-3-5-15(6-11)27(24,25)20-2/h3-10,20H,1-2H3,(H,21,22)/t10-/m0/s1. The van der Waals surface area contributed by atoms with E-state index < -0.39 is 28.0 Å². The number of halogens is 2. The van der Waals surface area contributed by atoms with Crippen LogP contribution >= 0.6 is 23.2 Å². The molecule has 7 nitrogen and oxygen atoms in total. The summed E-state index contributed by atoms with van der Waals surface area (Å²) in [4.78, 5) is 24.3. The molecule has 0 radical (unpaired) electrons. The molecule has 1 atom stereocenters. The average molecular weight is 431 g/mol. The molecule has 2 aromatic carbocycles. The summed E-state index contributed by atoms with van der Waals surface area (Å²) in [5, 5.41) is 3.21. The van der Waals surface area contributed by atoms with Crippen LogP contribution in [-0.4, -0.2) is 33.4 Å². The maximum atomic E-state index is 12.2. The number of anilines is 1. The third-order valence-electron chi connectivity index (χ3n) is 3.43. The van der Waals surface area contributed by atoms with Crippen molar-refractivity contribution in [1.82, 2.24) is 4.72 Å². The molecule has 2 rings (SSSR count). The van der Waals surface area contributed by atoms with E-state index in [1.54, 1.807) is 0 Å². The summed E-state index contributed by atoms with van der Waals surface area (Å²) in [6, 6.07) is 9.78. The minimum Gasteiger partial charge on any atom is -0.449 e. The van der Waals surface area contributed by atoms with Crippen molar-refractivity contribution in [1.29, 1.82) is 0 Å². The fraction of sp³-hybridized carbons (Fsp3) is 0.176. The number of amides is 1. The third kappa shape index (κ3) is 5.67. The fourth-order valence-electron chi connectivity index (χ4n) is 2.06. The van der Waals surface area contributed by atoms with Crippen LogP contribution in [0.5, 0.6) is 0 Å². The molecule has 0 spiro atoms. The molecule has 0 aliphatic heterocycles. The van der Waals surface area contributed by atoms with Gasteiger partial charge in [0.05, 0.1) is 10.5 Å². The number of esters is 1. The normalized spacial score (nSPS) is 12.3. The number of carbonyl (C=O) groups is 2. The Bertz CT molecular complexity index is 959. The first-order valence-corrected chi connectivity index (χ1v) is 9.88. The second kappa shape index (κ2) is 8.71. The molecule has 0 heterocycles. The van der Waals surface area contributed by atoms with Crippen molar-refractivity contribution in [3.05, 3.63) is 58.1 Å². The van der Waals surface area contributed by atoms with Crippen LogP contribution in [0.1, 0.15) is 17.3 Å². The zero-order valence-corrected chi connectivity index (χ0v) is 16.7.